The van der Waals surface area contributed by atoms with E-state index >= 15 is 0 Å². The topological polar surface area (TPSA) is 162 Å². The molecular weight excluding hydrogens is 592 g/mol. The van der Waals surface area contributed by atoms with E-state index in [9.17, 15) is 23.4 Å². The Bertz CT molecular complexity index is 1370. The van der Waals surface area contributed by atoms with Crippen molar-refractivity contribution in [2.75, 3.05) is 26.6 Å². The average molecular weight is 635 g/mol. The quantitative estimate of drug-likeness (QED) is 0.243. The molecule has 3 aliphatic heterocycles. The van der Waals surface area contributed by atoms with Gasteiger partial charge < -0.3 is 39.2 Å². The Kier molecular flexibility index (Phi) is 10.3. The maximum atomic E-state index is 13.7. The predicted octanol–water partition coefficient (Wildman–Crippen LogP) is 2.71. The Balaban J connectivity index is 1.39. The second-order valence-corrected chi connectivity index (χ2v) is 14.1. The van der Waals surface area contributed by atoms with Crippen LogP contribution in [0.25, 0.3) is 0 Å². The van der Waals surface area contributed by atoms with Crippen LogP contribution in [0.15, 0.2) is 53.4 Å². The van der Waals surface area contributed by atoms with Crippen molar-refractivity contribution in [2.24, 2.45) is 11.3 Å². The van der Waals surface area contributed by atoms with Gasteiger partial charge in [-0.2, -0.15) is 0 Å². The number of amides is 1. The summed E-state index contributed by atoms with van der Waals surface area (Å²) in [4.78, 5) is 13.2. The zero-order valence-electron chi connectivity index (χ0n) is 25.0. The number of aliphatic hydroxyl groups is 2. The normalized spacial score (nSPS) is 23.1. The summed E-state index contributed by atoms with van der Waals surface area (Å²) in [6.07, 6.45) is -0.730. The van der Waals surface area contributed by atoms with E-state index in [1.54, 1.807) is 0 Å². The number of benzene rings is 2. The maximum Gasteiger partial charge on any atom is 0.407 e. The molecule has 0 radical (unpaired) electrons. The number of hydrogen-bond acceptors (Lipinski definition) is 10. The number of alkyl carbamates (subject to hydrolysis) is 1. The monoisotopic (exact) mass is 634 g/mol. The van der Waals surface area contributed by atoms with E-state index in [1.165, 1.54) is 18.2 Å². The van der Waals surface area contributed by atoms with Gasteiger partial charge in [0.05, 0.1) is 42.2 Å². The van der Waals surface area contributed by atoms with E-state index in [0.29, 0.717) is 37.4 Å². The fourth-order valence-corrected chi connectivity index (χ4v) is 7.34. The molecule has 12 nitrogen and oxygen atoms in total. The third-order valence-corrected chi connectivity index (χ3v) is 9.90. The van der Waals surface area contributed by atoms with Crippen LogP contribution < -0.4 is 19.5 Å². The summed E-state index contributed by atoms with van der Waals surface area (Å²) in [6.45, 7) is 4.63. The standard InChI is InChI=1S/C31H42N2O10S/c1-31(2,12-6-13-34)17-24(33-44(37,38)21-9-10-25-26(16-21)42-19-41-25)28(35)23(15-20-7-4-3-5-8-20)32-30(36)43-27-18-40-29-22(27)11-14-39-29/h3-5,7-10,16,22-24,27-29,33-35H,6,11-15,17-19H2,1-2H3,(H,32,36)/t22-,23-,24?,27-,28+,29+/m0/s1. The molecule has 0 aliphatic carbocycles. The first-order valence-electron chi connectivity index (χ1n) is 15.0. The fraction of sp³-hybridized carbons (Fsp3) is 0.581. The van der Waals surface area contributed by atoms with Gasteiger partial charge in [0, 0.05) is 12.7 Å². The van der Waals surface area contributed by atoms with Crippen molar-refractivity contribution in [3.8, 4) is 11.5 Å². The van der Waals surface area contributed by atoms with Gasteiger partial charge in [0.15, 0.2) is 17.8 Å². The first kappa shape index (κ1) is 32.5. The Labute approximate surface area is 258 Å². The molecule has 2 aromatic carbocycles. The van der Waals surface area contributed by atoms with E-state index in [-0.39, 0.29) is 43.7 Å². The summed E-state index contributed by atoms with van der Waals surface area (Å²) in [5.74, 6) is 0.691. The lowest BCUT2D eigenvalue weighted by atomic mass is 9.79. The molecule has 1 amide bonds. The predicted molar refractivity (Wildman–Crippen MR) is 159 cm³/mol. The third kappa shape index (κ3) is 8.01. The van der Waals surface area contributed by atoms with Crippen LogP contribution in [0.4, 0.5) is 4.79 Å². The Hall–Kier alpha value is -2.94. The molecule has 0 saturated carbocycles. The highest BCUT2D eigenvalue weighted by Gasteiger charge is 2.44. The maximum absolute atomic E-state index is 13.7. The highest BCUT2D eigenvalue weighted by atomic mass is 32.2. The number of nitrogens with one attached hydrogen (secondary N) is 2. The van der Waals surface area contributed by atoms with Crippen LogP contribution in [0.1, 0.15) is 45.1 Å². The van der Waals surface area contributed by atoms with E-state index in [0.717, 1.165) is 5.56 Å². The molecule has 242 valence electrons. The second kappa shape index (κ2) is 14.0. The van der Waals surface area contributed by atoms with Crippen molar-refractivity contribution in [3.05, 3.63) is 54.1 Å². The first-order chi connectivity index (χ1) is 21.0. The van der Waals surface area contributed by atoms with Crippen molar-refractivity contribution in [2.45, 2.75) is 81.4 Å². The summed E-state index contributed by atoms with van der Waals surface area (Å²) < 4.78 is 57.6. The van der Waals surface area contributed by atoms with Crippen LogP contribution in [-0.2, 0) is 30.7 Å². The van der Waals surface area contributed by atoms with Gasteiger partial charge in [-0.05, 0) is 55.2 Å². The Morgan fingerprint density at radius 1 is 1.09 bits per heavy atom. The van der Waals surface area contributed by atoms with Gasteiger partial charge >= 0.3 is 6.09 Å². The summed E-state index contributed by atoms with van der Waals surface area (Å²) in [5.41, 5.74) is 0.365. The van der Waals surface area contributed by atoms with Crippen molar-refractivity contribution in [1.82, 2.24) is 10.0 Å². The number of sulfonamides is 1. The number of carbonyl (C=O) groups is 1. The van der Waals surface area contributed by atoms with E-state index in [2.05, 4.69) is 10.0 Å². The van der Waals surface area contributed by atoms with Crippen molar-refractivity contribution in [3.63, 3.8) is 0 Å². The molecule has 13 heteroatoms. The Morgan fingerprint density at radius 2 is 1.86 bits per heavy atom. The zero-order valence-corrected chi connectivity index (χ0v) is 25.8. The van der Waals surface area contributed by atoms with Crippen LogP contribution in [0.3, 0.4) is 0 Å². The molecule has 0 spiro atoms. The minimum Gasteiger partial charge on any atom is -0.454 e. The number of ether oxygens (including phenoxy) is 5. The van der Waals surface area contributed by atoms with Gasteiger partial charge in [-0.15, -0.1) is 0 Å². The van der Waals surface area contributed by atoms with Crippen LogP contribution in [-0.4, -0.2) is 81.9 Å². The number of hydrogen-bond donors (Lipinski definition) is 4. The molecule has 3 heterocycles. The molecule has 1 unspecified atom stereocenters. The number of rotatable bonds is 14. The molecule has 6 atom stereocenters. The molecule has 2 aromatic rings. The second-order valence-electron chi connectivity index (χ2n) is 12.3. The Morgan fingerprint density at radius 3 is 2.64 bits per heavy atom. The largest absolute Gasteiger partial charge is 0.454 e. The van der Waals surface area contributed by atoms with Gasteiger partial charge in [-0.1, -0.05) is 44.2 Å². The molecule has 2 fully saturated rings. The summed E-state index contributed by atoms with van der Waals surface area (Å²) in [7, 11) is -4.15. The third-order valence-electron chi connectivity index (χ3n) is 8.41. The highest BCUT2D eigenvalue weighted by Crippen LogP contribution is 2.36. The smallest absolute Gasteiger partial charge is 0.407 e. The summed E-state index contributed by atoms with van der Waals surface area (Å²) >= 11 is 0. The van der Waals surface area contributed by atoms with Gasteiger partial charge in [0.2, 0.25) is 16.8 Å². The minimum atomic E-state index is -4.15. The summed E-state index contributed by atoms with van der Waals surface area (Å²) in [6, 6.07) is 11.7. The van der Waals surface area contributed by atoms with Crippen LogP contribution >= 0.6 is 0 Å². The SMILES string of the molecule is CC(C)(CCCO)CC(NS(=O)(=O)c1ccc2c(c1)OCO2)[C@H](O)[C@H](Cc1ccccc1)NC(=O)O[C@H]1CO[C@H]2OCC[C@H]21. The molecule has 0 aromatic heterocycles. The van der Waals surface area contributed by atoms with Crippen LogP contribution in [0, 0.1) is 11.3 Å². The fourth-order valence-electron chi connectivity index (χ4n) is 6.07. The molecular formula is C31H42N2O10S. The zero-order chi connectivity index (χ0) is 31.3. The van der Waals surface area contributed by atoms with Crippen molar-refractivity contribution in [1.29, 1.82) is 0 Å². The lowest BCUT2D eigenvalue weighted by Crippen LogP contribution is -2.56. The molecule has 5 rings (SSSR count). The molecule has 0 bridgehead atoms. The van der Waals surface area contributed by atoms with E-state index in [1.807, 2.05) is 44.2 Å². The van der Waals surface area contributed by atoms with Gasteiger partial charge in [0.25, 0.3) is 0 Å². The van der Waals surface area contributed by atoms with Gasteiger partial charge in [0.1, 0.15) is 6.10 Å². The minimum absolute atomic E-state index is 0.00298. The molecule has 44 heavy (non-hydrogen) atoms. The average Bonchev–Trinajstić information content (AvgIpc) is 3.74. The number of carbonyl (C=O) groups excluding carboxylic acids is 1. The van der Waals surface area contributed by atoms with Crippen LogP contribution in [0.2, 0.25) is 0 Å². The molecule has 2 saturated heterocycles. The van der Waals surface area contributed by atoms with Crippen LogP contribution in [0.5, 0.6) is 11.5 Å². The van der Waals surface area contributed by atoms with E-state index < -0.39 is 52.1 Å². The number of aliphatic hydroxyl groups excluding tert-OH is 2. The lowest BCUT2D eigenvalue weighted by molar-refractivity contribution is -0.0907. The van der Waals surface area contributed by atoms with Crippen molar-refractivity contribution < 1.29 is 47.1 Å². The van der Waals surface area contributed by atoms with Gasteiger partial charge in [-0.3, -0.25) is 0 Å². The van der Waals surface area contributed by atoms with E-state index in [4.69, 9.17) is 23.7 Å². The number of fused-ring (bicyclic) bond motifs is 2. The summed E-state index contributed by atoms with van der Waals surface area (Å²) in [5, 5.41) is 24.2. The first-order valence-corrected chi connectivity index (χ1v) is 16.5. The highest BCUT2D eigenvalue weighted by molar-refractivity contribution is 7.89. The van der Waals surface area contributed by atoms with Gasteiger partial charge in [-0.25, -0.2) is 17.9 Å². The van der Waals surface area contributed by atoms with Crippen molar-refractivity contribution >= 4 is 16.1 Å². The molecule has 4 N–H and O–H groups in total. The lowest BCUT2D eigenvalue weighted by Gasteiger charge is -2.36. The molecule has 3 aliphatic rings.